The summed E-state index contributed by atoms with van der Waals surface area (Å²) in [6.07, 6.45) is 3.23. The van der Waals surface area contributed by atoms with Crippen molar-refractivity contribution in [2.75, 3.05) is 7.11 Å². The molecule has 5 heteroatoms. The molecule has 0 heterocycles. The van der Waals surface area contributed by atoms with Gasteiger partial charge in [0.05, 0.1) is 12.5 Å². The minimum atomic E-state index is -1.42. The molecule has 0 N–H and O–H groups in total. The summed E-state index contributed by atoms with van der Waals surface area (Å²) >= 11 is 0. The van der Waals surface area contributed by atoms with E-state index >= 15 is 0 Å². The fourth-order valence-corrected chi connectivity index (χ4v) is 4.00. The van der Waals surface area contributed by atoms with Gasteiger partial charge in [-0.15, -0.1) is 0 Å². The van der Waals surface area contributed by atoms with Crippen LogP contribution in [0.1, 0.15) is 66.5 Å². The summed E-state index contributed by atoms with van der Waals surface area (Å²) in [7, 11) is 0.225. The van der Waals surface area contributed by atoms with Gasteiger partial charge in [0.1, 0.15) is 0 Å². The maximum absolute atomic E-state index is 12.9. The average Bonchev–Trinajstić information content (AvgIpc) is 2.56. The van der Waals surface area contributed by atoms with Crippen molar-refractivity contribution in [1.82, 2.24) is 0 Å². The predicted molar refractivity (Wildman–Crippen MR) is 123 cm³/mol. The number of carbonyl (C=O) groups is 2. The lowest BCUT2D eigenvalue weighted by atomic mass is 9.72. The second-order valence-electron chi connectivity index (χ2n) is 10.4. The van der Waals surface area contributed by atoms with E-state index in [9.17, 15) is 9.59 Å². The molecule has 0 atom stereocenters. The Kier molecular flexibility index (Phi) is 7.69. The van der Waals surface area contributed by atoms with Gasteiger partial charge >= 0.3 is 0 Å². The molecule has 0 unspecified atom stereocenters. The molecule has 0 spiro atoms. The van der Waals surface area contributed by atoms with Crippen LogP contribution in [0, 0.1) is 10.8 Å². The Labute approximate surface area is 178 Å². The molecular formula is C24H38O4Si. The molecule has 0 saturated heterocycles. The summed E-state index contributed by atoms with van der Waals surface area (Å²) in [5.41, 5.74) is 0.0566. The molecule has 0 aliphatic carbocycles. The third-order valence-corrected chi connectivity index (χ3v) is 5.49. The van der Waals surface area contributed by atoms with Crippen LogP contribution in [0.2, 0.25) is 13.1 Å². The van der Waals surface area contributed by atoms with Crippen molar-refractivity contribution >= 4 is 26.7 Å². The fourth-order valence-electron chi connectivity index (χ4n) is 3.28. The van der Waals surface area contributed by atoms with E-state index in [0.717, 1.165) is 11.1 Å². The highest BCUT2D eigenvalue weighted by molar-refractivity contribution is 6.49. The van der Waals surface area contributed by atoms with Crippen molar-refractivity contribution in [3.63, 3.8) is 0 Å². The Hall–Kier alpha value is -1.88. The van der Waals surface area contributed by atoms with E-state index < -0.39 is 19.9 Å². The molecule has 0 aliphatic heterocycles. The van der Waals surface area contributed by atoms with E-state index in [1.807, 2.05) is 32.9 Å². The minimum absolute atomic E-state index is 0.0774. The topological polar surface area (TPSA) is 52.6 Å². The number of carbonyl (C=O) groups excluding carboxylic acids is 2. The van der Waals surface area contributed by atoms with Gasteiger partial charge in [0.15, 0.2) is 23.1 Å². The molecule has 0 radical (unpaired) electrons. The molecule has 0 aliphatic rings. The van der Waals surface area contributed by atoms with Crippen molar-refractivity contribution in [2.24, 2.45) is 10.8 Å². The third kappa shape index (κ3) is 6.05. The lowest BCUT2D eigenvalue weighted by Crippen LogP contribution is -2.40. The Balaban J connectivity index is 3.44. The molecule has 162 valence electrons. The summed E-state index contributed by atoms with van der Waals surface area (Å²) < 4.78 is 11.9. The highest BCUT2D eigenvalue weighted by atomic mass is 28.3. The Morgan fingerprint density at radius 2 is 1.48 bits per heavy atom. The number of allylic oxidation sites excluding steroid dienone is 1. The quantitative estimate of drug-likeness (QED) is 0.329. The van der Waals surface area contributed by atoms with Crippen LogP contribution >= 0.6 is 0 Å². The highest BCUT2D eigenvalue weighted by Crippen LogP contribution is 2.42. The Bertz CT molecular complexity index is 790. The van der Waals surface area contributed by atoms with E-state index in [1.54, 1.807) is 27.0 Å². The number of ketones is 2. The number of hydrogen-bond donors (Lipinski definition) is 0. The zero-order valence-corrected chi connectivity index (χ0v) is 21.2. The number of ether oxygens (including phenoxy) is 1. The second kappa shape index (κ2) is 8.86. The maximum Gasteiger partial charge on any atom is 0.229 e. The molecule has 29 heavy (non-hydrogen) atoms. The van der Waals surface area contributed by atoms with Crippen molar-refractivity contribution < 1.29 is 18.8 Å². The molecule has 0 bridgehead atoms. The van der Waals surface area contributed by atoms with Gasteiger partial charge in [-0.25, -0.2) is 0 Å². The Morgan fingerprint density at radius 3 is 1.90 bits per heavy atom. The minimum Gasteiger partial charge on any atom is -0.544 e. The standard InChI is InChI=1S/C24H38O4Si/c1-22(2,3)17-14-12-16(19(20(17)27-9)28-29(10)11)13-15-18(25)24(7,8)21(26)23(4,5)6/h12-15,29H,1-11H3. The normalized spacial score (nSPS) is 13.1. The highest BCUT2D eigenvalue weighted by Gasteiger charge is 2.40. The summed E-state index contributed by atoms with van der Waals surface area (Å²) in [6, 6.07) is 3.97. The molecule has 0 aromatic heterocycles. The zero-order valence-electron chi connectivity index (χ0n) is 20.0. The smallest absolute Gasteiger partial charge is 0.229 e. The van der Waals surface area contributed by atoms with Gasteiger partial charge in [-0.1, -0.05) is 53.7 Å². The molecule has 4 nitrogen and oxygen atoms in total. The second-order valence-corrected chi connectivity index (χ2v) is 12.7. The first-order chi connectivity index (χ1) is 13.0. The SMILES string of the molecule is COc1c(C(C)(C)C)ccc(C=CC(=O)C(C)(C)C(=O)C(C)(C)C)c1O[SiH](C)C. The number of rotatable bonds is 7. The van der Waals surface area contributed by atoms with Gasteiger partial charge in [0.25, 0.3) is 0 Å². The number of hydrogen-bond acceptors (Lipinski definition) is 4. The lowest BCUT2D eigenvalue weighted by Gasteiger charge is -2.28. The summed E-state index contributed by atoms with van der Waals surface area (Å²) in [5, 5.41) is 0. The van der Waals surface area contributed by atoms with Crippen molar-refractivity contribution in [3.8, 4) is 11.5 Å². The molecule has 1 aromatic carbocycles. The van der Waals surface area contributed by atoms with E-state index in [2.05, 4.69) is 33.9 Å². The largest absolute Gasteiger partial charge is 0.544 e. The predicted octanol–water partition coefficient (Wildman–Crippen LogP) is 5.58. The van der Waals surface area contributed by atoms with E-state index in [4.69, 9.17) is 9.16 Å². The van der Waals surface area contributed by atoms with Crippen LogP contribution in [0.5, 0.6) is 11.5 Å². The average molecular weight is 419 g/mol. The van der Waals surface area contributed by atoms with E-state index in [-0.39, 0.29) is 17.0 Å². The van der Waals surface area contributed by atoms with Gasteiger partial charge in [-0.2, -0.15) is 0 Å². The number of methoxy groups -OCH3 is 1. The van der Waals surface area contributed by atoms with Gasteiger partial charge in [0, 0.05) is 16.5 Å². The molecular weight excluding hydrogens is 380 g/mol. The first-order valence-corrected chi connectivity index (χ1v) is 13.0. The van der Waals surface area contributed by atoms with Crippen LogP contribution in [0.15, 0.2) is 18.2 Å². The van der Waals surface area contributed by atoms with Crippen LogP contribution in [-0.2, 0) is 15.0 Å². The first-order valence-electron chi connectivity index (χ1n) is 10.2. The maximum atomic E-state index is 12.9. The first kappa shape index (κ1) is 25.2. The molecule has 0 fully saturated rings. The van der Waals surface area contributed by atoms with Gasteiger partial charge in [-0.05, 0) is 44.5 Å². The summed E-state index contributed by atoms with van der Waals surface area (Å²) in [5.74, 6) is 1.08. The molecule has 0 saturated carbocycles. The third-order valence-electron chi connectivity index (χ3n) is 4.79. The molecule has 1 aromatic rings. The number of benzene rings is 1. The van der Waals surface area contributed by atoms with Crippen molar-refractivity contribution in [2.45, 2.75) is 73.9 Å². The monoisotopic (exact) mass is 418 g/mol. The fraction of sp³-hybridized carbons (Fsp3) is 0.583. The summed E-state index contributed by atoms with van der Waals surface area (Å²) in [4.78, 5) is 25.6. The Morgan fingerprint density at radius 1 is 0.931 bits per heavy atom. The van der Waals surface area contributed by atoms with Crippen molar-refractivity contribution in [3.05, 3.63) is 29.3 Å². The molecule has 0 amide bonds. The van der Waals surface area contributed by atoms with Gasteiger partial charge in [-0.3, -0.25) is 9.59 Å². The van der Waals surface area contributed by atoms with Crippen LogP contribution in [-0.4, -0.2) is 27.7 Å². The van der Waals surface area contributed by atoms with Crippen molar-refractivity contribution in [1.29, 1.82) is 0 Å². The van der Waals surface area contributed by atoms with Gasteiger partial charge in [0.2, 0.25) is 9.04 Å². The van der Waals surface area contributed by atoms with Crippen LogP contribution in [0.25, 0.3) is 6.08 Å². The van der Waals surface area contributed by atoms with Crippen LogP contribution in [0.3, 0.4) is 0 Å². The number of Topliss-reactive ketones (excluding diaryl/α,β-unsaturated/α-hetero) is 1. The zero-order chi connectivity index (χ0) is 22.8. The lowest BCUT2D eigenvalue weighted by molar-refractivity contribution is -0.141. The summed E-state index contributed by atoms with van der Waals surface area (Å²) in [6.45, 7) is 19.4. The van der Waals surface area contributed by atoms with Crippen LogP contribution in [0.4, 0.5) is 0 Å². The van der Waals surface area contributed by atoms with E-state index in [0.29, 0.717) is 11.5 Å². The van der Waals surface area contributed by atoms with Crippen LogP contribution < -0.4 is 9.16 Å². The van der Waals surface area contributed by atoms with E-state index in [1.165, 1.54) is 6.08 Å². The molecule has 1 rings (SSSR count). The van der Waals surface area contributed by atoms with Gasteiger partial charge < -0.3 is 9.16 Å².